The molecular weight excluding hydrogens is 256 g/mol. The van der Waals surface area contributed by atoms with Gasteiger partial charge < -0.3 is 4.74 Å². The predicted octanol–water partition coefficient (Wildman–Crippen LogP) is 2.65. The van der Waals surface area contributed by atoms with Crippen LogP contribution in [0.5, 0.6) is 0 Å². The van der Waals surface area contributed by atoms with Crippen LogP contribution in [0, 0.1) is 0 Å². The molecule has 2 rings (SSSR count). The zero-order chi connectivity index (χ0) is 14.0. The van der Waals surface area contributed by atoms with Crippen LogP contribution in [0.15, 0.2) is 29.1 Å². The minimum absolute atomic E-state index is 0.0193. The number of benzene rings is 1. The molecule has 1 aromatic carbocycles. The van der Waals surface area contributed by atoms with Crippen molar-refractivity contribution in [2.75, 3.05) is 6.61 Å². The van der Waals surface area contributed by atoms with Gasteiger partial charge in [0.2, 0.25) is 0 Å². The monoisotopic (exact) mass is 278 g/mol. The Labute approximate surface area is 114 Å². The fourth-order valence-electron chi connectivity index (χ4n) is 2.02. The Morgan fingerprint density at radius 3 is 2.42 bits per heavy atom. The highest BCUT2D eigenvalue weighted by molar-refractivity contribution is 6.76. The summed E-state index contributed by atoms with van der Waals surface area (Å²) in [6, 6.07) is 8.92. The smallest absolute Gasteiger partial charge is 0.330 e. The fraction of sp³-hybridized carbons (Fsp3) is 0.500. The van der Waals surface area contributed by atoms with E-state index in [2.05, 4.69) is 19.6 Å². The summed E-state index contributed by atoms with van der Waals surface area (Å²) < 4.78 is 9.04. The van der Waals surface area contributed by atoms with Crippen LogP contribution in [0.1, 0.15) is 0 Å². The third-order valence-corrected chi connectivity index (χ3v) is 4.97. The van der Waals surface area contributed by atoms with Crippen molar-refractivity contribution in [1.29, 1.82) is 0 Å². The lowest BCUT2D eigenvalue weighted by molar-refractivity contribution is 0.0873. The van der Waals surface area contributed by atoms with Gasteiger partial charge in [0.25, 0.3) is 0 Å². The first-order chi connectivity index (χ1) is 8.90. The van der Waals surface area contributed by atoms with Crippen molar-refractivity contribution < 1.29 is 4.74 Å². The van der Waals surface area contributed by atoms with E-state index >= 15 is 0 Å². The highest BCUT2D eigenvalue weighted by Gasteiger charge is 2.13. The van der Waals surface area contributed by atoms with Gasteiger partial charge in [0.05, 0.1) is 11.0 Å². The molecule has 0 radical (unpaired) electrons. The molecule has 0 aliphatic carbocycles. The second-order valence-electron chi connectivity index (χ2n) is 6.11. The Kier molecular flexibility index (Phi) is 3.96. The maximum atomic E-state index is 12.1. The van der Waals surface area contributed by atoms with Crippen LogP contribution in [0.2, 0.25) is 25.7 Å². The maximum Gasteiger partial charge on any atom is 0.330 e. The van der Waals surface area contributed by atoms with Crippen LogP contribution in [0.3, 0.4) is 0 Å². The third kappa shape index (κ3) is 3.16. The van der Waals surface area contributed by atoms with Gasteiger partial charge in [0.1, 0.15) is 6.73 Å². The van der Waals surface area contributed by atoms with E-state index in [-0.39, 0.29) is 5.69 Å². The molecule has 0 atom stereocenters. The number of hydrogen-bond acceptors (Lipinski definition) is 2. The molecule has 0 N–H and O–H groups in total. The van der Waals surface area contributed by atoms with Crippen molar-refractivity contribution >= 4 is 19.1 Å². The average molecular weight is 278 g/mol. The minimum Gasteiger partial charge on any atom is -0.361 e. The van der Waals surface area contributed by atoms with E-state index in [0.717, 1.165) is 23.7 Å². The lowest BCUT2D eigenvalue weighted by atomic mass is 10.3. The number of ether oxygens (including phenoxy) is 1. The van der Waals surface area contributed by atoms with Gasteiger partial charge in [-0.25, -0.2) is 4.79 Å². The Balaban J connectivity index is 2.13. The number of hydrogen-bond donors (Lipinski definition) is 0. The molecule has 104 valence electrons. The molecule has 0 fully saturated rings. The summed E-state index contributed by atoms with van der Waals surface area (Å²) in [7, 11) is 0.720. The van der Waals surface area contributed by atoms with E-state index in [0.29, 0.717) is 6.73 Å². The zero-order valence-corrected chi connectivity index (χ0v) is 13.1. The number of nitrogens with zero attached hydrogens (tertiary/aromatic N) is 2. The van der Waals surface area contributed by atoms with E-state index in [1.165, 1.54) is 0 Å². The molecule has 1 heterocycles. The van der Waals surface area contributed by atoms with Crippen molar-refractivity contribution in [2.45, 2.75) is 32.4 Å². The van der Waals surface area contributed by atoms with Crippen LogP contribution in [0.25, 0.3) is 11.0 Å². The first-order valence-electron chi connectivity index (χ1n) is 6.62. The van der Waals surface area contributed by atoms with Gasteiger partial charge in [-0.2, -0.15) is 0 Å². The van der Waals surface area contributed by atoms with Gasteiger partial charge in [0, 0.05) is 21.7 Å². The summed E-state index contributed by atoms with van der Waals surface area (Å²) in [5.41, 5.74) is 1.86. The Morgan fingerprint density at radius 1 is 1.16 bits per heavy atom. The summed E-state index contributed by atoms with van der Waals surface area (Å²) >= 11 is 0. The lowest BCUT2D eigenvalue weighted by Crippen LogP contribution is -2.25. The Bertz CT molecular complexity index is 622. The normalized spacial score (nSPS) is 12.2. The van der Waals surface area contributed by atoms with Crippen LogP contribution < -0.4 is 5.69 Å². The average Bonchev–Trinajstić information content (AvgIpc) is 2.58. The molecule has 0 saturated heterocycles. The molecule has 0 amide bonds. The number of aromatic nitrogens is 2. The molecule has 0 aliphatic rings. The number of imidazole rings is 1. The van der Waals surface area contributed by atoms with Gasteiger partial charge in [-0.05, 0) is 18.2 Å². The van der Waals surface area contributed by atoms with E-state index < -0.39 is 8.07 Å². The van der Waals surface area contributed by atoms with E-state index in [1.807, 2.05) is 24.3 Å². The van der Waals surface area contributed by atoms with Crippen molar-refractivity contribution in [1.82, 2.24) is 9.13 Å². The molecular formula is C14H22N2O2Si. The van der Waals surface area contributed by atoms with Gasteiger partial charge >= 0.3 is 5.69 Å². The number of aryl methyl sites for hydroxylation is 1. The molecule has 2 aromatic rings. The Hall–Kier alpha value is -1.33. The molecule has 5 heteroatoms. The Morgan fingerprint density at radius 2 is 1.79 bits per heavy atom. The largest absolute Gasteiger partial charge is 0.361 e. The molecule has 0 saturated carbocycles. The predicted molar refractivity (Wildman–Crippen MR) is 81.3 cm³/mol. The maximum absolute atomic E-state index is 12.1. The van der Waals surface area contributed by atoms with Crippen LogP contribution >= 0.6 is 0 Å². The van der Waals surface area contributed by atoms with Gasteiger partial charge in [-0.15, -0.1) is 0 Å². The highest BCUT2D eigenvalue weighted by atomic mass is 28.3. The van der Waals surface area contributed by atoms with Crippen LogP contribution in [-0.4, -0.2) is 23.8 Å². The van der Waals surface area contributed by atoms with Gasteiger partial charge in [-0.3, -0.25) is 9.13 Å². The third-order valence-electron chi connectivity index (χ3n) is 3.27. The number of fused-ring (bicyclic) bond motifs is 1. The van der Waals surface area contributed by atoms with E-state index in [9.17, 15) is 4.79 Å². The van der Waals surface area contributed by atoms with Crippen LogP contribution in [0.4, 0.5) is 0 Å². The van der Waals surface area contributed by atoms with Crippen molar-refractivity contribution in [3.63, 3.8) is 0 Å². The summed E-state index contributed by atoms with van der Waals surface area (Å²) in [6.07, 6.45) is 0. The minimum atomic E-state index is -1.08. The number of rotatable bonds is 5. The lowest BCUT2D eigenvalue weighted by Gasteiger charge is -2.15. The van der Waals surface area contributed by atoms with E-state index in [4.69, 9.17) is 4.74 Å². The molecule has 19 heavy (non-hydrogen) atoms. The number of para-hydroxylation sites is 2. The molecule has 1 aromatic heterocycles. The second kappa shape index (κ2) is 5.34. The summed E-state index contributed by atoms with van der Waals surface area (Å²) in [6.45, 7) is 8.03. The summed E-state index contributed by atoms with van der Waals surface area (Å²) in [5, 5.41) is 0. The van der Waals surface area contributed by atoms with E-state index in [1.54, 1.807) is 16.2 Å². The summed E-state index contributed by atoms with van der Waals surface area (Å²) in [4.78, 5) is 12.1. The fourth-order valence-corrected chi connectivity index (χ4v) is 2.78. The SMILES string of the molecule is Cn1c(=O)n(COCC[Si](C)(C)C)c2ccccc21. The zero-order valence-electron chi connectivity index (χ0n) is 12.1. The first kappa shape index (κ1) is 14.1. The van der Waals surface area contributed by atoms with Crippen molar-refractivity contribution in [2.24, 2.45) is 7.05 Å². The topological polar surface area (TPSA) is 36.2 Å². The van der Waals surface area contributed by atoms with Gasteiger partial charge in [0.15, 0.2) is 0 Å². The summed E-state index contributed by atoms with van der Waals surface area (Å²) in [5.74, 6) is 0. The molecule has 0 bridgehead atoms. The molecule has 0 aliphatic heterocycles. The highest BCUT2D eigenvalue weighted by Crippen LogP contribution is 2.12. The molecule has 4 nitrogen and oxygen atoms in total. The molecule has 0 unspecified atom stereocenters. The second-order valence-corrected chi connectivity index (χ2v) is 11.7. The first-order valence-corrected chi connectivity index (χ1v) is 10.3. The van der Waals surface area contributed by atoms with Crippen molar-refractivity contribution in [3.8, 4) is 0 Å². The van der Waals surface area contributed by atoms with Crippen molar-refractivity contribution in [3.05, 3.63) is 34.7 Å². The van der Waals surface area contributed by atoms with Crippen LogP contribution in [-0.2, 0) is 18.5 Å². The quantitative estimate of drug-likeness (QED) is 0.623. The van der Waals surface area contributed by atoms with Gasteiger partial charge in [-0.1, -0.05) is 31.8 Å². The molecule has 0 spiro atoms. The standard InChI is InChI=1S/C14H22N2O2Si/c1-15-12-7-5-6-8-13(12)16(14(15)17)11-18-9-10-19(2,3)4/h5-8H,9-11H2,1-4H3.